The molecule has 0 aliphatic carbocycles. The molecule has 1 fully saturated rings. The molecule has 0 saturated carbocycles. The predicted octanol–water partition coefficient (Wildman–Crippen LogP) is 0.969. The molecule has 5 rings (SSSR count). The number of nitrogens with one attached hydrogen (secondary N) is 1. The molecular formula is C20H16IN7O4. The van der Waals surface area contributed by atoms with Gasteiger partial charge < -0.3 is 14.8 Å². The molecule has 1 saturated heterocycles. The third kappa shape index (κ3) is 3.76. The maximum Gasteiger partial charge on any atom is 0.280 e. The summed E-state index contributed by atoms with van der Waals surface area (Å²) in [5, 5.41) is 23.2. The van der Waals surface area contributed by atoms with Crippen LogP contribution in [0, 0.1) is 3.57 Å². The van der Waals surface area contributed by atoms with Crippen molar-refractivity contribution in [1.82, 2.24) is 29.9 Å². The van der Waals surface area contributed by atoms with Gasteiger partial charge in [0, 0.05) is 15.8 Å². The zero-order valence-corrected chi connectivity index (χ0v) is 18.6. The Morgan fingerprint density at radius 2 is 2.09 bits per heavy atom. The molecule has 2 atom stereocenters. The predicted molar refractivity (Wildman–Crippen MR) is 121 cm³/mol. The molecule has 32 heavy (non-hydrogen) atoms. The number of ether oxygens (including phenoxy) is 1. The minimum Gasteiger partial charge on any atom is -0.382 e. The van der Waals surface area contributed by atoms with Crippen LogP contribution in [0.25, 0.3) is 16.6 Å². The first-order valence-corrected chi connectivity index (χ1v) is 10.7. The van der Waals surface area contributed by atoms with Gasteiger partial charge >= 0.3 is 0 Å². The van der Waals surface area contributed by atoms with Crippen LogP contribution >= 0.6 is 22.6 Å². The Kier molecular flexibility index (Phi) is 5.40. The van der Waals surface area contributed by atoms with Crippen LogP contribution in [0.1, 0.15) is 11.9 Å². The molecule has 1 aromatic carbocycles. The van der Waals surface area contributed by atoms with Crippen LogP contribution in [-0.2, 0) is 9.53 Å². The largest absolute Gasteiger partial charge is 0.382 e. The zero-order chi connectivity index (χ0) is 22.2. The number of aliphatic hydroxyl groups excluding tert-OH is 1. The lowest BCUT2D eigenvalue weighted by Gasteiger charge is -2.32. The fourth-order valence-corrected chi connectivity index (χ4v) is 3.99. The average molecular weight is 545 g/mol. The Morgan fingerprint density at radius 1 is 1.22 bits per heavy atom. The number of aromatic amines is 1. The van der Waals surface area contributed by atoms with Crippen molar-refractivity contribution >= 4 is 45.2 Å². The second kappa shape index (κ2) is 8.37. The molecule has 1 aliphatic rings. The number of fused-ring (bicyclic) bond motifs is 1. The van der Waals surface area contributed by atoms with Crippen molar-refractivity contribution in [2.75, 3.05) is 18.1 Å². The lowest BCUT2D eigenvalue weighted by atomic mass is 10.1. The van der Waals surface area contributed by atoms with Crippen LogP contribution in [0.3, 0.4) is 0 Å². The van der Waals surface area contributed by atoms with Gasteiger partial charge in [-0.2, -0.15) is 15.2 Å². The van der Waals surface area contributed by atoms with Gasteiger partial charge in [-0.3, -0.25) is 14.5 Å². The van der Waals surface area contributed by atoms with Crippen molar-refractivity contribution in [2.24, 2.45) is 0 Å². The monoisotopic (exact) mass is 545 g/mol. The van der Waals surface area contributed by atoms with E-state index in [1.54, 1.807) is 47.5 Å². The summed E-state index contributed by atoms with van der Waals surface area (Å²) < 4.78 is 8.02. The molecule has 0 radical (unpaired) electrons. The fourth-order valence-electron chi connectivity index (χ4n) is 3.50. The molecule has 3 aromatic heterocycles. The van der Waals surface area contributed by atoms with Crippen molar-refractivity contribution in [1.29, 1.82) is 0 Å². The Labute approximate surface area is 194 Å². The van der Waals surface area contributed by atoms with Crippen LogP contribution in [-0.4, -0.2) is 60.2 Å². The molecular weight excluding hydrogens is 529 g/mol. The summed E-state index contributed by atoms with van der Waals surface area (Å²) >= 11 is 2.10. The molecule has 12 heteroatoms. The van der Waals surface area contributed by atoms with E-state index in [9.17, 15) is 14.7 Å². The second-order valence-corrected chi connectivity index (χ2v) is 8.31. The number of rotatable bonds is 4. The number of benzene rings is 1. The van der Waals surface area contributed by atoms with Gasteiger partial charge in [-0.1, -0.05) is 0 Å². The number of nitrogens with zero attached hydrogens (tertiary/aromatic N) is 6. The van der Waals surface area contributed by atoms with E-state index in [0.717, 1.165) is 3.57 Å². The second-order valence-electron chi connectivity index (χ2n) is 7.06. The first-order chi connectivity index (χ1) is 15.5. The third-order valence-electron chi connectivity index (χ3n) is 5.07. The highest BCUT2D eigenvalue weighted by Crippen LogP contribution is 2.25. The quantitative estimate of drug-likeness (QED) is 0.362. The van der Waals surface area contributed by atoms with Gasteiger partial charge in [-0.25, -0.2) is 4.68 Å². The number of halogens is 1. The lowest BCUT2D eigenvalue weighted by Crippen LogP contribution is -2.50. The summed E-state index contributed by atoms with van der Waals surface area (Å²) in [7, 11) is 0. The molecule has 4 aromatic rings. The normalized spacial score (nSPS) is 17.6. The van der Waals surface area contributed by atoms with Gasteiger partial charge in [0.1, 0.15) is 11.9 Å². The lowest BCUT2D eigenvalue weighted by molar-refractivity contribution is -0.143. The van der Waals surface area contributed by atoms with E-state index >= 15 is 0 Å². The summed E-state index contributed by atoms with van der Waals surface area (Å²) in [5.74, 6) is -0.105. The van der Waals surface area contributed by atoms with Crippen molar-refractivity contribution in [3.63, 3.8) is 0 Å². The van der Waals surface area contributed by atoms with E-state index in [4.69, 9.17) is 4.74 Å². The number of hydrogen-bond acceptors (Lipinski definition) is 8. The molecule has 1 amide bonds. The van der Waals surface area contributed by atoms with E-state index in [1.807, 2.05) is 6.07 Å². The first-order valence-electron chi connectivity index (χ1n) is 9.64. The maximum absolute atomic E-state index is 13.1. The summed E-state index contributed by atoms with van der Waals surface area (Å²) in [5.41, 5.74) is 0.719. The van der Waals surface area contributed by atoms with Gasteiger partial charge in [-0.15, -0.1) is 5.10 Å². The van der Waals surface area contributed by atoms with Crippen molar-refractivity contribution < 1.29 is 14.6 Å². The molecule has 162 valence electrons. The van der Waals surface area contributed by atoms with Crippen LogP contribution < -0.4 is 10.5 Å². The Morgan fingerprint density at radius 3 is 2.91 bits per heavy atom. The van der Waals surface area contributed by atoms with Gasteiger partial charge in [-0.05, 0) is 46.9 Å². The SMILES string of the molecule is O=C1[C@@H]([C@@H](O)c2nc(=O)c3cc(I)ccc3[nH]2)OCCN1c1ccn(-c2ccnnc2)n1. The van der Waals surface area contributed by atoms with Gasteiger partial charge in [0.05, 0.1) is 42.1 Å². The van der Waals surface area contributed by atoms with Gasteiger partial charge in [0.15, 0.2) is 11.9 Å². The summed E-state index contributed by atoms with van der Waals surface area (Å²) in [4.78, 5) is 33.9. The molecule has 2 N–H and O–H groups in total. The third-order valence-corrected chi connectivity index (χ3v) is 5.74. The first kappa shape index (κ1) is 20.7. The minimum absolute atomic E-state index is 0.0303. The topological polar surface area (TPSA) is 139 Å². The van der Waals surface area contributed by atoms with Crippen molar-refractivity contribution in [3.05, 3.63) is 68.7 Å². The number of hydrogen-bond donors (Lipinski definition) is 2. The Balaban J connectivity index is 1.42. The van der Waals surface area contributed by atoms with Crippen molar-refractivity contribution in [3.8, 4) is 5.69 Å². The molecule has 0 spiro atoms. The summed E-state index contributed by atoms with van der Waals surface area (Å²) in [6.07, 6.45) is 2.10. The Bertz CT molecular complexity index is 1360. The minimum atomic E-state index is -1.45. The number of H-pyrrole nitrogens is 1. The number of anilines is 1. The average Bonchev–Trinajstić information content (AvgIpc) is 3.30. The summed E-state index contributed by atoms with van der Waals surface area (Å²) in [6, 6.07) is 8.68. The van der Waals surface area contributed by atoms with Crippen LogP contribution in [0.5, 0.6) is 0 Å². The number of aromatic nitrogens is 6. The zero-order valence-electron chi connectivity index (χ0n) is 16.4. The number of amides is 1. The van der Waals surface area contributed by atoms with E-state index in [1.165, 1.54) is 4.90 Å². The van der Waals surface area contributed by atoms with Crippen LogP contribution in [0.15, 0.2) is 53.7 Å². The number of carbonyl (C=O) groups is 1. The van der Waals surface area contributed by atoms with E-state index < -0.39 is 23.7 Å². The van der Waals surface area contributed by atoms with E-state index in [-0.39, 0.29) is 19.0 Å². The van der Waals surface area contributed by atoms with E-state index in [2.05, 4.69) is 47.9 Å². The molecule has 11 nitrogen and oxygen atoms in total. The molecule has 4 heterocycles. The summed E-state index contributed by atoms with van der Waals surface area (Å²) in [6.45, 7) is 0.459. The fraction of sp³-hybridized carbons (Fsp3) is 0.200. The molecule has 0 bridgehead atoms. The van der Waals surface area contributed by atoms with E-state index in [0.29, 0.717) is 22.4 Å². The molecule has 1 aliphatic heterocycles. The Hall–Kier alpha value is -3.23. The number of carbonyl (C=O) groups excluding carboxylic acids is 1. The van der Waals surface area contributed by atoms with Gasteiger partial charge in [0.25, 0.3) is 11.5 Å². The number of aliphatic hydroxyl groups is 1. The van der Waals surface area contributed by atoms with Crippen LogP contribution in [0.4, 0.5) is 5.82 Å². The van der Waals surface area contributed by atoms with Crippen molar-refractivity contribution in [2.45, 2.75) is 12.2 Å². The highest BCUT2D eigenvalue weighted by atomic mass is 127. The highest BCUT2D eigenvalue weighted by molar-refractivity contribution is 14.1. The standard InChI is InChI=1S/C20H16IN7O4/c21-11-1-2-14-13(9-11)19(30)25-18(24-14)16(29)17-20(31)27(7-8-32-17)15-4-6-28(26-15)12-3-5-22-23-10-12/h1-6,9-10,16-17,29H,7-8H2,(H,24,25,30)/t16-,17-/m1/s1. The van der Waals surface area contributed by atoms with Crippen LogP contribution in [0.2, 0.25) is 0 Å². The smallest absolute Gasteiger partial charge is 0.280 e. The maximum atomic E-state index is 13.1. The number of morpholine rings is 1. The highest BCUT2D eigenvalue weighted by Gasteiger charge is 2.38. The van der Waals surface area contributed by atoms with Gasteiger partial charge in [0.2, 0.25) is 0 Å². The molecule has 0 unspecified atom stereocenters.